The first kappa shape index (κ1) is 29.3. The molecule has 6 aromatic rings. The highest BCUT2D eigenvalue weighted by atomic mass is 79.9. The molecule has 0 unspecified atom stereocenters. The fourth-order valence-electron chi connectivity index (χ4n) is 6.61. The molecule has 7 nitrogen and oxygen atoms in total. The Morgan fingerprint density at radius 2 is 1.58 bits per heavy atom. The van der Waals surface area contributed by atoms with Crippen molar-refractivity contribution in [3.8, 4) is 40.0 Å². The van der Waals surface area contributed by atoms with Gasteiger partial charge in [0.2, 0.25) is 12.5 Å². The van der Waals surface area contributed by atoms with Gasteiger partial charge in [-0.1, -0.05) is 24.3 Å². The molecule has 0 amide bonds. The molecule has 0 fully saturated rings. The third kappa shape index (κ3) is 5.41. The van der Waals surface area contributed by atoms with Crippen LogP contribution < -0.4 is 45.2 Å². The number of halogens is 1. The maximum Gasteiger partial charge on any atom is 0.231 e. The van der Waals surface area contributed by atoms with Crippen LogP contribution in [0.25, 0.3) is 43.8 Å². The molecule has 0 atom stereocenters. The third-order valence-corrected chi connectivity index (χ3v) is 8.83. The SMILES string of the molecule is COc1ccc2cc3[n+](cc2c1OCCCCCCOc1cccc2[nH]c4ccccc4c12)CCc1cc2c(cc1-3)OCO2.[Br-]. The molecular weight excluding hydrogens is 632 g/mol. The Balaban J connectivity index is 0.00000325. The van der Waals surface area contributed by atoms with Crippen LogP contribution in [0.2, 0.25) is 0 Å². The quantitative estimate of drug-likeness (QED) is 0.169. The van der Waals surface area contributed by atoms with E-state index in [1.54, 1.807) is 7.11 Å². The first-order valence-corrected chi connectivity index (χ1v) is 15.5. The second kappa shape index (κ2) is 12.5. The van der Waals surface area contributed by atoms with E-state index < -0.39 is 0 Å². The van der Waals surface area contributed by atoms with Gasteiger partial charge >= 0.3 is 0 Å². The Hall–Kier alpha value is -4.43. The molecule has 0 spiro atoms. The zero-order valence-corrected chi connectivity index (χ0v) is 26.8. The van der Waals surface area contributed by atoms with E-state index in [0.717, 1.165) is 94.6 Å². The first-order valence-electron chi connectivity index (χ1n) is 15.5. The smallest absolute Gasteiger partial charge is 0.231 e. The average Bonchev–Trinajstić information content (AvgIpc) is 3.68. The van der Waals surface area contributed by atoms with E-state index in [1.807, 2.05) is 6.07 Å². The summed E-state index contributed by atoms with van der Waals surface area (Å²) < 4.78 is 32.0. The standard InChI is InChI=1S/C37H35N2O5.BrH/c1-40-33-14-13-24-19-31-27-21-35-34(43-23-44-35)20-25(27)15-16-39(31)22-28(24)37(33)42-18-7-3-2-6-17-41-32-12-8-11-30-36(32)26-9-4-5-10-29(26)38-30;/h4-5,8-14,19-22,38H,2-3,6-7,15-18,23H2,1H3;1H/q+1;/p-1. The number of nitrogens with zero attached hydrogens (tertiary/aromatic N) is 1. The molecule has 0 radical (unpaired) electrons. The Morgan fingerprint density at radius 1 is 0.778 bits per heavy atom. The van der Waals surface area contributed by atoms with E-state index >= 15 is 0 Å². The Labute approximate surface area is 272 Å². The number of aromatic amines is 1. The van der Waals surface area contributed by atoms with E-state index in [9.17, 15) is 0 Å². The molecular formula is C37H35BrN2O5. The lowest BCUT2D eigenvalue weighted by molar-refractivity contribution is -0.686. The van der Waals surface area contributed by atoms with Crippen molar-refractivity contribution in [2.24, 2.45) is 0 Å². The van der Waals surface area contributed by atoms with Crippen LogP contribution in [0.3, 0.4) is 0 Å². The maximum atomic E-state index is 6.41. The molecule has 230 valence electrons. The van der Waals surface area contributed by atoms with Crippen LogP contribution in [0.4, 0.5) is 0 Å². The van der Waals surface area contributed by atoms with Crippen molar-refractivity contribution in [3.05, 3.63) is 84.6 Å². The van der Waals surface area contributed by atoms with Crippen LogP contribution >= 0.6 is 0 Å². The van der Waals surface area contributed by atoms with Gasteiger partial charge in [0, 0.05) is 28.8 Å². The molecule has 2 aliphatic heterocycles. The topological polar surface area (TPSA) is 65.8 Å². The van der Waals surface area contributed by atoms with Crippen molar-refractivity contribution in [3.63, 3.8) is 0 Å². The van der Waals surface area contributed by atoms with E-state index in [1.165, 1.54) is 22.2 Å². The summed E-state index contributed by atoms with van der Waals surface area (Å²) in [6, 6.07) is 25.2. The van der Waals surface area contributed by atoms with Gasteiger partial charge in [-0.15, -0.1) is 0 Å². The van der Waals surface area contributed by atoms with Crippen molar-refractivity contribution >= 4 is 32.6 Å². The molecule has 0 saturated carbocycles. The van der Waals surface area contributed by atoms with Gasteiger partial charge in [-0.25, -0.2) is 0 Å². The lowest BCUT2D eigenvalue weighted by Crippen LogP contribution is -3.00. The highest BCUT2D eigenvalue weighted by molar-refractivity contribution is 6.10. The highest BCUT2D eigenvalue weighted by Crippen LogP contribution is 2.42. The maximum absolute atomic E-state index is 6.41. The zero-order chi connectivity index (χ0) is 29.5. The fourth-order valence-corrected chi connectivity index (χ4v) is 6.61. The largest absolute Gasteiger partial charge is 1.00 e. The number of para-hydroxylation sites is 1. The summed E-state index contributed by atoms with van der Waals surface area (Å²) in [5, 5.41) is 4.56. The summed E-state index contributed by atoms with van der Waals surface area (Å²) in [6.45, 7) is 2.52. The fraction of sp³-hybridized carbons (Fsp3) is 0.270. The van der Waals surface area contributed by atoms with E-state index in [2.05, 4.69) is 82.5 Å². The molecule has 4 aromatic carbocycles. The minimum absolute atomic E-state index is 0. The van der Waals surface area contributed by atoms with Gasteiger partial charge in [0.15, 0.2) is 35.7 Å². The van der Waals surface area contributed by atoms with E-state index in [4.69, 9.17) is 23.7 Å². The van der Waals surface area contributed by atoms with Gasteiger partial charge in [-0.2, -0.15) is 4.57 Å². The van der Waals surface area contributed by atoms with E-state index in [-0.39, 0.29) is 23.8 Å². The van der Waals surface area contributed by atoms with Crippen molar-refractivity contribution in [1.82, 2.24) is 4.98 Å². The summed E-state index contributed by atoms with van der Waals surface area (Å²) in [5.41, 5.74) is 5.91. The number of aromatic nitrogens is 2. The second-order valence-electron chi connectivity index (χ2n) is 11.5. The lowest BCUT2D eigenvalue weighted by Gasteiger charge is -2.18. The normalized spacial score (nSPS) is 13.0. The molecule has 2 aromatic heterocycles. The predicted octanol–water partition coefficient (Wildman–Crippen LogP) is 4.74. The molecule has 2 aliphatic rings. The van der Waals surface area contributed by atoms with Gasteiger partial charge in [-0.3, -0.25) is 0 Å². The average molecular weight is 668 g/mol. The van der Waals surface area contributed by atoms with Crippen LogP contribution in [0.15, 0.2) is 79.0 Å². The number of aryl methyl sites for hydroxylation is 2. The minimum atomic E-state index is 0. The molecule has 8 heteroatoms. The van der Waals surface area contributed by atoms with Gasteiger partial charge in [-0.05, 0) is 79.1 Å². The Kier molecular flexibility index (Phi) is 8.15. The number of benzene rings is 4. The molecule has 4 heterocycles. The number of pyridine rings is 1. The van der Waals surface area contributed by atoms with Gasteiger partial charge < -0.3 is 45.6 Å². The number of nitrogens with one attached hydrogen (secondary N) is 1. The number of rotatable bonds is 10. The van der Waals surface area contributed by atoms with Crippen LogP contribution in [0.5, 0.6) is 28.7 Å². The number of unbranched alkanes of at least 4 members (excludes halogenated alkanes) is 3. The first-order chi connectivity index (χ1) is 21.8. The Morgan fingerprint density at radius 3 is 2.44 bits per heavy atom. The van der Waals surface area contributed by atoms with Gasteiger partial charge in [0.05, 0.1) is 36.8 Å². The highest BCUT2D eigenvalue weighted by Gasteiger charge is 2.28. The van der Waals surface area contributed by atoms with E-state index in [0.29, 0.717) is 13.2 Å². The summed E-state index contributed by atoms with van der Waals surface area (Å²) in [7, 11) is 1.70. The molecule has 45 heavy (non-hydrogen) atoms. The summed E-state index contributed by atoms with van der Waals surface area (Å²) in [5.74, 6) is 4.17. The van der Waals surface area contributed by atoms with Crippen LogP contribution in [0.1, 0.15) is 31.2 Å². The summed E-state index contributed by atoms with van der Waals surface area (Å²) >= 11 is 0. The molecule has 0 bridgehead atoms. The van der Waals surface area contributed by atoms with Crippen molar-refractivity contribution in [1.29, 1.82) is 0 Å². The summed E-state index contributed by atoms with van der Waals surface area (Å²) in [6.07, 6.45) is 7.28. The monoisotopic (exact) mass is 666 g/mol. The number of hydrogen-bond acceptors (Lipinski definition) is 5. The van der Waals surface area contributed by atoms with Crippen LogP contribution in [0, 0.1) is 0 Å². The van der Waals surface area contributed by atoms with Crippen molar-refractivity contribution < 1.29 is 45.2 Å². The number of fused-ring (bicyclic) bond motifs is 8. The van der Waals surface area contributed by atoms with Crippen LogP contribution in [-0.4, -0.2) is 32.1 Å². The van der Waals surface area contributed by atoms with Crippen molar-refractivity contribution in [2.75, 3.05) is 27.1 Å². The lowest BCUT2D eigenvalue weighted by atomic mass is 9.95. The number of hydrogen-bond donors (Lipinski definition) is 1. The van der Waals surface area contributed by atoms with Crippen molar-refractivity contribution in [2.45, 2.75) is 38.6 Å². The molecule has 0 aliphatic carbocycles. The number of ether oxygens (including phenoxy) is 5. The number of H-pyrrole nitrogens is 1. The molecule has 1 N–H and O–H groups in total. The van der Waals surface area contributed by atoms with Crippen LogP contribution in [-0.2, 0) is 13.0 Å². The summed E-state index contributed by atoms with van der Waals surface area (Å²) in [4.78, 5) is 3.49. The molecule has 0 saturated heterocycles. The van der Waals surface area contributed by atoms with Gasteiger partial charge in [0.25, 0.3) is 0 Å². The second-order valence-corrected chi connectivity index (χ2v) is 11.5. The predicted molar refractivity (Wildman–Crippen MR) is 171 cm³/mol. The number of methoxy groups -OCH3 is 1. The third-order valence-electron chi connectivity index (χ3n) is 8.83. The molecule has 8 rings (SSSR count). The minimum Gasteiger partial charge on any atom is -1.00 e. The Bertz CT molecular complexity index is 2020. The van der Waals surface area contributed by atoms with Gasteiger partial charge in [0.1, 0.15) is 5.75 Å². The zero-order valence-electron chi connectivity index (χ0n) is 25.2.